The summed E-state index contributed by atoms with van der Waals surface area (Å²) in [5.74, 6) is 0.655. The summed E-state index contributed by atoms with van der Waals surface area (Å²) in [4.78, 5) is 14.9. The number of rotatable bonds is 5. The highest BCUT2D eigenvalue weighted by Crippen LogP contribution is 2.30. The van der Waals surface area contributed by atoms with E-state index < -0.39 is 0 Å². The highest BCUT2D eigenvalue weighted by molar-refractivity contribution is 6.00. The molecule has 0 saturated carbocycles. The standard InChI is InChI=1S/C27H31N5O.H2/c1-18(2)27(33)28-24-16-23-15-22(11-12-25(23)32-19(3)29-30-26(24)32)21-9-7-20(8-10-21)17-31-13-5-4-6-14-31;/h7-12,15-16,18H,4-6,13-14,17H2,1-3H3,(H,28,33);1H. The van der Waals surface area contributed by atoms with Crippen molar-refractivity contribution < 1.29 is 6.22 Å². The molecule has 1 aliphatic heterocycles. The van der Waals surface area contributed by atoms with E-state index in [0.29, 0.717) is 11.3 Å². The maximum atomic E-state index is 12.4. The molecule has 0 unspecified atom stereocenters. The highest BCUT2D eigenvalue weighted by atomic mass is 16.1. The molecule has 2 aromatic heterocycles. The molecule has 0 bridgehead atoms. The number of aryl methyl sites for hydroxylation is 1. The first kappa shape index (κ1) is 21.6. The molecule has 172 valence electrons. The quantitative estimate of drug-likeness (QED) is 0.431. The third kappa shape index (κ3) is 4.35. The number of likely N-dealkylation sites (tertiary alicyclic amines) is 1. The van der Waals surface area contributed by atoms with Crippen LogP contribution < -0.4 is 5.32 Å². The molecule has 0 atom stereocenters. The van der Waals surface area contributed by atoms with E-state index in [2.05, 4.69) is 62.9 Å². The van der Waals surface area contributed by atoms with Crippen LogP contribution in [0.25, 0.3) is 27.7 Å². The highest BCUT2D eigenvalue weighted by Gasteiger charge is 2.16. The molecule has 1 saturated heterocycles. The number of carbonyl (C=O) groups is 1. The summed E-state index contributed by atoms with van der Waals surface area (Å²) in [6.07, 6.45) is 3.99. The summed E-state index contributed by atoms with van der Waals surface area (Å²) in [5, 5.41) is 12.6. The van der Waals surface area contributed by atoms with Crippen molar-refractivity contribution in [3.05, 3.63) is 59.9 Å². The van der Waals surface area contributed by atoms with Gasteiger partial charge in [0.25, 0.3) is 0 Å². The number of fused-ring (bicyclic) bond motifs is 3. The fourth-order valence-electron chi connectivity index (χ4n) is 4.65. The van der Waals surface area contributed by atoms with Crippen molar-refractivity contribution in [2.75, 3.05) is 18.4 Å². The number of carbonyl (C=O) groups excluding carboxylic acids is 1. The minimum absolute atomic E-state index is 0. The molecule has 0 aliphatic carbocycles. The molecule has 0 radical (unpaired) electrons. The Labute approximate surface area is 196 Å². The average molecular weight is 444 g/mol. The Morgan fingerprint density at radius 3 is 2.45 bits per heavy atom. The molecule has 6 nitrogen and oxygen atoms in total. The number of nitrogens with one attached hydrogen (secondary N) is 1. The number of piperidine rings is 1. The second kappa shape index (κ2) is 8.94. The Kier molecular flexibility index (Phi) is 5.85. The summed E-state index contributed by atoms with van der Waals surface area (Å²) in [7, 11) is 0. The first-order chi connectivity index (χ1) is 16.0. The smallest absolute Gasteiger partial charge is 0.227 e. The van der Waals surface area contributed by atoms with Crippen LogP contribution in [0.15, 0.2) is 48.5 Å². The van der Waals surface area contributed by atoms with Crippen molar-refractivity contribution in [1.29, 1.82) is 0 Å². The maximum Gasteiger partial charge on any atom is 0.227 e. The normalized spacial score (nSPS) is 14.9. The van der Waals surface area contributed by atoms with Crippen LogP contribution in [-0.4, -0.2) is 38.5 Å². The van der Waals surface area contributed by atoms with Gasteiger partial charge in [0.15, 0.2) is 5.65 Å². The molecule has 33 heavy (non-hydrogen) atoms. The zero-order valence-corrected chi connectivity index (χ0v) is 19.6. The van der Waals surface area contributed by atoms with E-state index in [1.807, 2.05) is 31.2 Å². The Morgan fingerprint density at radius 2 is 1.73 bits per heavy atom. The van der Waals surface area contributed by atoms with Crippen molar-refractivity contribution in [1.82, 2.24) is 19.5 Å². The molecule has 4 aromatic rings. The maximum absolute atomic E-state index is 12.4. The van der Waals surface area contributed by atoms with E-state index in [1.165, 1.54) is 43.5 Å². The van der Waals surface area contributed by atoms with Crippen LogP contribution in [0, 0.1) is 12.8 Å². The summed E-state index contributed by atoms with van der Waals surface area (Å²) in [6.45, 7) is 9.15. The average Bonchev–Trinajstić information content (AvgIpc) is 3.22. The van der Waals surface area contributed by atoms with E-state index in [0.717, 1.165) is 28.8 Å². The lowest BCUT2D eigenvalue weighted by atomic mass is 10.0. The Balaban J connectivity index is 0.00000274. The molecular formula is C27H33N5O. The number of amides is 1. The van der Waals surface area contributed by atoms with E-state index in [4.69, 9.17) is 0 Å². The fraction of sp³-hybridized carbons (Fsp3) is 0.370. The van der Waals surface area contributed by atoms with Gasteiger partial charge < -0.3 is 5.32 Å². The second-order valence-electron chi connectivity index (χ2n) is 9.42. The molecule has 1 aliphatic rings. The van der Waals surface area contributed by atoms with Crippen LogP contribution in [0.5, 0.6) is 0 Å². The van der Waals surface area contributed by atoms with Gasteiger partial charge in [-0.1, -0.05) is 50.6 Å². The topological polar surface area (TPSA) is 62.5 Å². The Hall–Kier alpha value is -3.25. The summed E-state index contributed by atoms with van der Waals surface area (Å²) in [5.41, 5.74) is 6.09. The lowest BCUT2D eigenvalue weighted by Crippen LogP contribution is -2.28. The minimum atomic E-state index is -0.112. The second-order valence-corrected chi connectivity index (χ2v) is 9.42. The Morgan fingerprint density at radius 1 is 1.00 bits per heavy atom. The van der Waals surface area contributed by atoms with Crippen LogP contribution in [0.2, 0.25) is 0 Å². The van der Waals surface area contributed by atoms with E-state index in [-0.39, 0.29) is 13.3 Å². The minimum Gasteiger partial charge on any atom is -0.323 e. The number of aromatic nitrogens is 3. The van der Waals surface area contributed by atoms with Gasteiger partial charge in [0, 0.05) is 19.3 Å². The van der Waals surface area contributed by atoms with Gasteiger partial charge in [-0.15, -0.1) is 10.2 Å². The van der Waals surface area contributed by atoms with Crippen LogP contribution in [0.4, 0.5) is 5.69 Å². The van der Waals surface area contributed by atoms with Crippen molar-refractivity contribution in [3.8, 4) is 11.1 Å². The lowest BCUT2D eigenvalue weighted by Gasteiger charge is -2.26. The molecule has 1 amide bonds. The number of hydrogen-bond acceptors (Lipinski definition) is 4. The zero-order chi connectivity index (χ0) is 22.9. The van der Waals surface area contributed by atoms with Gasteiger partial charge in [-0.3, -0.25) is 14.1 Å². The van der Waals surface area contributed by atoms with E-state index >= 15 is 0 Å². The van der Waals surface area contributed by atoms with Gasteiger partial charge in [-0.05, 0) is 67.7 Å². The van der Waals surface area contributed by atoms with Gasteiger partial charge in [-0.2, -0.15) is 0 Å². The molecule has 1 N–H and O–H groups in total. The molecule has 3 heterocycles. The molecule has 6 heteroatoms. The number of nitrogens with zero attached hydrogens (tertiary/aromatic N) is 4. The summed E-state index contributed by atoms with van der Waals surface area (Å²) in [6, 6.07) is 17.4. The summed E-state index contributed by atoms with van der Waals surface area (Å²) < 4.78 is 2.01. The molecule has 5 rings (SSSR count). The molecular weight excluding hydrogens is 410 g/mol. The Bertz CT molecular complexity index is 1310. The number of benzene rings is 2. The predicted octanol–water partition coefficient (Wildman–Crippen LogP) is 5.68. The van der Waals surface area contributed by atoms with Crippen LogP contribution in [0.3, 0.4) is 0 Å². The van der Waals surface area contributed by atoms with Crippen molar-refractivity contribution >= 4 is 28.1 Å². The van der Waals surface area contributed by atoms with Gasteiger partial charge in [0.05, 0.1) is 11.2 Å². The number of pyridine rings is 1. The largest absolute Gasteiger partial charge is 0.323 e. The summed E-state index contributed by atoms with van der Waals surface area (Å²) >= 11 is 0. The number of anilines is 1. The monoisotopic (exact) mass is 443 g/mol. The lowest BCUT2D eigenvalue weighted by molar-refractivity contribution is -0.118. The van der Waals surface area contributed by atoms with Gasteiger partial charge in [0.1, 0.15) is 5.82 Å². The van der Waals surface area contributed by atoms with Crippen molar-refractivity contribution in [2.45, 2.75) is 46.6 Å². The van der Waals surface area contributed by atoms with Crippen LogP contribution >= 0.6 is 0 Å². The van der Waals surface area contributed by atoms with E-state index in [1.54, 1.807) is 0 Å². The van der Waals surface area contributed by atoms with Crippen LogP contribution in [-0.2, 0) is 11.3 Å². The number of hydrogen-bond donors (Lipinski definition) is 1. The fourth-order valence-corrected chi connectivity index (χ4v) is 4.65. The van der Waals surface area contributed by atoms with Gasteiger partial charge in [-0.25, -0.2) is 0 Å². The van der Waals surface area contributed by atoms with Gasteiger partial charge in [0.2, 0.25) is 5.91 Å². The van der Waals surface area contributed by atoms with Crippen LogP contribution in [0.1, 0.15) is 45.9 Å². The SMILES string of the molecule is Cc1nnc2c(NC(=O)C(C)C)cc3cc(-c4ccc(CN5CCCCC5)cc4)ccc3n12.[HH]. The van der Waals surface area contributed by atoms with Crippen molar-refractivity contribution in [3.63, 3.8) is 0 Å². The third-order valence-corrected chi connectivity index (χ3v) is 6.56. The molecule has 1 fully saturated rings. The van der Waals surface area contributed by atoms with Crippen molar-refractivity contribution in [2.24, 2.45) is 5.92 Å². The predicted molar refractivity (Wildman–Crippen MR) is 135 cm³/mol. The first-order valence-electron chi connectivity index (χ1n) is 11.9. The third-order valence-electron chi connectivity index (χ3n) is 6.56. The first-order valence-corrected chi connectivity index (χ1v) is 11.9. The molecule has 2 aromatic carbocycles. The zero-order valence-electron chi connectivity index (χ0n) is 19.6. The molecule has 0 spiro atoms. The van der Waals surface area contributed by atoms with E-state index in [9.17, 15) is 4.79 Å². The van der Waals surface area contributed by atoms with Gasteiger partial charge >= 0.3 is 0 Å².